The van der Waals surface area contributed by atoms with Crippen molar-refractivity contribution in [1.82, 2.24) is 0 Å². The fourth-order valence-corrected chi connectivity index (χ4v) is 0.262. The Balaban J connectivity index is 0. The van der Waals surface area contributed by atoms with Gasteiger partial charge in [0.05, 0.1) is 0 Å². The highest BCUT2D eigenvalue weighted by Gasteiger charge is 2.13. The topological polar surface area (TPSA) is 46.5 Å². The zero-order valence-corrected chi connectivity index (χ0v) is 7.55. The lowest BCUT2D eigenvalue weighted by molar-refractivity contribution is 0.0150. The van der Waals surface area contributed by atoms with Gasteiger partial charge in [-0.05, 0) is 27.7 Å². The van der Waals surface area contributed by atoms with Gasteiger partial charge in [-0.2, -0.15) is 0 Å². The van der Waals surface area contributed by atoms with Crippen LogP contribution in [0.15, 0.2) is 12.7 Å². The van der Waals surface area contributed by atoms with E-state index in [4.69, 9.17) is 5.11 Å². The molecular formula is C8H16O3. The third kappa shape index (κ3) is 27.5. The molecule has 11 heavy (non-hydrogen) atoms. The molecule has 0 saturated carbocycles. The summed E-state index contributed by atoms with van der Waals surface area (Å²) in [5, 5.41) is 8.03. The highest BCUT2D eigenvalue weighted by atomic mass is 16.7. The van der Waals surface area contributed by atoms with Crippen molar-refractivity contribution >= 4 is 6.16 Å². The van der Waals surface area contributed by atoms with Gasteiger partial charge in [0.25, 0.3) is 0 Å². The molecule has 0 fully saturated rings. The maximum Gasteiger partial charge on any atom is 0.506 e. The molecule has 0 amide bonds. The number of carbonyl (C=O) groups is 1. The lowest BCUT2D eigenvalue weighted by atomic mass is 10.2. The van der Waals surface area contributed by atoms with Crippen LogP contribution in [0.3, 0.4) is 0 Å². The summed E-state index contributed by atoms with van der Waals surface area (Å²) in [7, 11) is 0. The maximum atomic E-state index is 9.79. The van der Waals surface area contributed by atoms with Crippen LogP contribution in [0.25, 0.3) is 0 Å². The van der Waals surface area contributed by atoms with Crippen molar-refractivity contribution in [3.8, 4) is 0 Å². The number of hydrogen-bond donors (Lipinski definition) is 1. The summed E-state index contributed by atoms with van der Waals surface area (Å²) in [6.07, 6.45) is 0.525. The second-order valence-electron chi connectivity index (χ2n) is 2.89. The van der Waals surface area contributed by atoms with E-state index in [1.165, 1.54) is 0 Å². The van der Waals surface area contributed by atoms with Gasteiger partial charge < -0.3 is 9.84 Å². The van der Waals surface area contributed by atoms with Gasteiger partial charge in [-0.15, -0.1) is 6.58 Å². The molecular weight excluding hydrogens is 144 g/mol. The van der Waals surface area contributed by atoms with Crippen LogP contribution in [0, 0.1) is 0 Å². The van der Waals surface area contributed by atoms with E-state index in [1.54, 1.807) is 26.8 Å². The monoisotopic (exact) mass is 160 g/mol. The van der Waals surface area contributed by atoms with Gasteiger partial charge in [0.1, 0.15) is 5.60 Å². The highest BCUT2D eigenvalue weighted by molar-refractivity contribution is 5.57. The van der Waals surface area contributed by atoms with E-state index < -0.39 is 11.8 Å². The Morgan fingerprint density at radius 3 is 1.82 bits per heavy atom. The van der Waals surface area contributed by atoms with E-state index in [0.717, 1.165) is 0 Å². The molecule has 0 unspecified atom stereocenters. The van der Waals surface area contributed by atoms with E-state index in [1.807, 2.05) is 6.92 Å². The van der Waals surface area contributed by atoms with Gasteiger partial charge >= 0.3 is 6.16 Å². The Kier molecular flexibility index (Phi) is 6.64. The molecule has 66 valence electrons. The van der Waals surface area contributed by atoms with Gasteiger partial charge in [0.2, 0.25) is 0 Å². The van der Waals surface area contributed by atoms with Crippen molar-refractivity contribution in [3.63, 3.8) is 0 Å². The number of allylic oxidation sites excluding steroid dienone is 1. The second kappa shape index (κ2) is 5.77. The second-order valence-corrected chi connectivity index (χ2v) is 2.89. The average Bonchev–Trinajstić information content (AvgIpc) is 1.57. The van der Waals surface area contributed by atoms with E-state index in [-0.39, 0.29) is 0 Å². The first kappa shape index (κ1) is 12.7. The summed E-state index contributed by atoms with van der Waals surface area (Å²) >= 11 is 0. The first-order chi connectivity index (χ1) is 4.83. The predicted molar refractivity (Wildman–Crippen MR) is 44.7 cm³/mol. The minimum absolute atomic E-state index is 0.578. The maximum absolute atomic E-state index is 9.79. The van der Waals surface area contributed by atoms with Crippen molar-refractivity contribution in [3.05, 3.63) is 12.7 Å². The van der Waals surface area contributed by atoms with Crippen LogP contribution in [0.1, 0.15) is 27.7 Å². The van der Waals surface area contributed by atoms with Crippen LogP contribution in [0.2, 0.25) is 0 Å². The fourth-order valence-electron chi connectivity index (χ4n) is 0.262. The minimum Gasteiger partial charge on any atom is -0.450 e. The van der Waals surface area contributed by atoms with E-state index in [0.29, 0.717) is 0 Å². The van der Waals surface area contributed by atoms with Gasteiger partial charge in [-0.25, -0.2) is 4.79 Å². The lowest BCUT2D eigenvalue weighted by Gasteiger charge is -2.15. The molecule has 0 aromatic carbocycles. The molecule has 0 spiro atoms. The molecule has 0 aliphatic rings. The molecule has 0 aromatic heterocycles. The average molecular weight is 160 g/mol. The Morgan fingerprint density at radius 1 is 1.55 bits per heavy atom. The number of hydrogen-bond acceptors (Lipinski definition) is 2. The Labute approximate surface area is 67.7 Å². The zero-order chi connectivity index (χ0) is 9.49. The molecule has 0 aliphatic carbocycles. The van der Waals surface area contributed by atoms with Crippen LogP contribution in [-0.2, 0) is 4.74 Å². The zero-order valence-electron chi connectivity index (χ0n) is 7.55. The first-order valence-corrected chi connectivity index (χ1v) is 3.32. The summed E-state index contributed by atoms with van der Waals surface area (Å²) in [6, 6.07) is 0. The van der Waals surface area contributed by atoms with Crippen molar-refractivity contribution in [2.75, 3.05) is 0 Å². The molecule has 1 N–H and O–H groups in total. The molecule has 3 heteroatoms. The first-order valence-electron chi connectivity index (χ1n) is 3.32. The Hall–Kier alpha value is -0.990. The minimum atomic E-state index is -1.22. The molecule has 0 radical (unpaired) electrons. The molecule has 3 nitrogen and oxygen atoms in total. The van der Waals surface area contributed by atoms with Crippen molar-refractivity contribution in [2.24, 2.45) is 0 Å². The SMILES string of the molecule is C=CC.CC(C)(C)OC(=O)O. The van der Waals surface area contributed by atoms with Crippen LogP contribution >= 0.6 is 0 Å². The third-order valence-corrected chi connectivity index (χ3v) is 0.393. The fraction of sp³-hybridized carbons (Fsp3) is 0.625. The molecule has 0 atom stereocenters. The molecule has 0 bridgehead atoms. The normalized spacial score (nSPS) is 9.09. The molecule has 0 aliphatic heterocycles. The number of rotatable bonds is 0. The predicted octanol–water partition coefficient (Wildman–Crippen LogP) is 2.67. The van der Waals surface area contributed by atoms with Gasteiger partial charge in [0.15, 0.2) is 0 Å². The van der Waals surface area contributed by atoms with Crippen LogP contribution < -0.4 is 0 Å². The highest BCUT2D eigenvalue weighted by Crippen LogP contribution is 2.05. The van der Waals surface area contributed by atoms with Crippen molar-refractivity contribution in [2.45, 2.75) is 33.3 Å². The summed E-state index contributed by atoms with van der Waals surface area (Å²) < 4.78 is 4.35. The summed E-state index contributed by atoms with van der Waals surface area (Å²) in [5.74, 6) is 0. The van der Waals surface area contributed by atoms with Crippen molar-refractivity contribution in [1.29, 1.82) is 0 Å². The smallest absolute Gasteiger partial charge is 0.450 e. The van der Waals surface area contributed by atoms with Crippen LogP contribution in [-0.4, -0.2) is 16.9 Å². The molecule has 0 aromatic rings. The van der Waals surface area contributed by atoms with Crippen LogP contribution in [0.4, 0.5) is 4.79 Å². The Bertz CT molecular complexity index is 122. The van der Waals surface area contributed by atoms with Gasteiger partial charge in [-0.1, -0.05) is 6.08 Å². The largest absolute Gasteiger partial charge is 0.506 e. The van der Waals surface area contributed by atoms with Crippen molar-refractivity contribution < 1.29 is 14.6 Å². The lowest BCUT2D eigenvalue weighted by Crippen LogP contribution is -2.22. The summed E-state index contributed by atoms with van der Waals surface area (Å²) in [4.78, 5) is 9.79. The molecule has 0 heterocycles. The quantitative estimate of drug-likeness (QED) is 0.437. The van der Waals surface area contributed by atoms with Gasteiger partial charge in [0, 0.05) is 0 Å². The third-order valence-electron chi connectivity index (χ3n) is 0.393. The molecule has 0 rings (SSSR count). The summed E-state index contributed by atoms with van der Waals surface area (Å²) in [5.41, 5.74) is -0.578. The van der Waals surface area contributed by atoms with E-state index in [2.05, 4.69) is 11.3 Å². The van der Waals surface area contributed by atoms with E-state index >= 15 is 0 Å². The van der Waals surface area contributed by atoms with Crippen LogP contribution in [0.5, 0.6) is 0 Å². The summed E-state index contributed by atoms with van der Waals surface area (Å²) in [6.45, 7) is 10.3. The standard InChI is InChI=1S/C5H10O3.C3H6/c1-5(2,3)8-4(6)7;1-3-2/h1-3H3,(H,6,7);3H,1H2,2H3. The van der Waals surface area contributed by atoms with E-state index in [9.17, 15) is 4.79 Å². The Morgan fingerprint density at radius 2 is 1.82 bits per heavy atom. The number of ether oxygens (including phenoxy) is 1. The number of carboxylic acid groups (broad SMARTS) is 1. The van der Waals surface area contributed by atoms with Gasteiger partial charge in [-0.3, -0.25) is 0 Å². The molecule has 0 saturated heterocycles.